The lowest BCUT2D eigenvalue weighted by Gasteiger charge is -1.94. The fourth-order valence-electron chi connectivity index (χ4n) is 1.53. The van der Waals surface area contributed by atoms with Crippen LogP contribution in [-0.4, -0.2) is 19.2 Å². The third-order valence-corrected chi connectivity index (χ3v) is 5.58. The van der Waals surface area contributed by atoms with Gasteiger partial charge in [0.1, 0.15) is 0 Å². The summed E-state index contributed by atoms with van der Waals surface area (Å²) in [5, 5.41) is 0. The monoisotopic (exact) mass is 281 g/mol. The van der Waals surface area contributed by atoms with E-state index in [1.807, 2.05) is 30.3 Å². The summed E-state index contributed by atoms with van der Waals surface area (Å²) in [5.74, 6) is 0.0345. The van der Waals surface area contributed by atoms with Crippen LogP contribution in [0.1, 0.15) is 19.8 Å². The van der Waals surface area contributed by atoms with Crippen molar-refractivity contribution in [2.45, 2.75) is 24.1 Å². The number of unbranched alkanes of at least 4 members (excludes halogenated alkanes) is 1. The summed E-state index contributed by atoms with van der Waals surface area (Å²) < 4.78 is 25.2. The van der Waals surface area contributed by atoms with Crippen molar-refractivity contribution in [1.29, 1.82) is 0 Å². The Hall–Kier alpha value is -1.20. The molecule has 0 spiro atoms. The van der Waals surface area contributed by atoms with Crippen molar-refractivity contribution in [3.05, 3.63) is 36.4 Å². The van der Waals surface area contributed by atoms with Crippen molar-refractivity contribution in [3.8, 4) is 0 Å². The third-order valence-electron chi connectivity index (χ3n) is 2.48. The Bertz CT molecular complexity index is 623. The zero-order valence-electron chi connectivity index (χ0n) is 10.2. The number of hydrogen-bond acceptors (Lipinski definition) is 4. The molecule has 5 heteroatoms. The molecule has 0 aliphatic heterocycles. The highest BCUT2D eigenvalue weighted by Crippen LogP contribution is 2.25. The lowest BCUT2D eigenvalue weighted by Crippen LogP contribution is -2.03. The van der Waals surface area contributed by atoms with Gasteiger partial charge in [-0.15, -0.1) is 11.3 Å². The first-order chi connectivity index (χ1) is 8.63. The van der Waals surface area contributed by atoms with E-state index in [1.54, 1.807) is 6.08 Å². The van der Waals surface area contributed by atoms with Crippen LogP contribution in [0.25, 0.3) is 10.2 Å². The van der Waals surface area contributed by atoms with Gasteiger partial charge in [-0.05, 0) is 18.6 Å². The summed E-state index contributed by atoms with van der Waals surface area (Å²) in [6.45, 7) is 2.06. The number of aromatic nitrogens is 1. The number of sulfone groups is 1. The number of thiazole rings is 1. The lowest BCUT2D eigenvalue weighted by atomic mass is 10.3. The number of benzene rings is 1. The summed E-state index contributed by atoms with van der Waals surface area (Å²) >= 11 is 1.24. The van der Waals surface area contributed by atoms with E-state index in [-0.39, 0.29) is 10.1 Å². The van der Waals surface area contributed by atoms with Gasteiger partial charge in [-0.1, -0.05) is 37.6 Å². The third kappa shape index (κ3) is 2.97. The predicted molar refractivity (Wildman–Crippen MR) is 75.7 cm³/mol. The summed E-state index contributed by atoms with van der Waals surface area (Å²) in [6.07, 6.45) is 5.56. The molecule has 0 atom stereocenters. The van der Waals surface area contributed by atoms with Crippen molar-refractivity contribution >= 4 is 31.4 Å². The van der Waals surface area contributed by atoms with Gasteiger partial charge < -0.3 is 0 Å². The Labute approximate surface area is 111 Å². The van der Waals surface area contributed by atoms with Gasteiger partial charge in [-0.3, -0.25) is 0 Å². The standard InChI is InChI=1S/C13H15NO2S2/c1-2-3-4-7-10-18(15,16)13-14-11-8-5-6-9-12(11)17-13/h4-9H,2-3,10H2,1H3/b7-4+. The molecule has 2 aromatic rings. The van der Waals surface area contributed by atoms with Crippen molar-refractivity contribution in [3.63, 3.8) is 0 Å². The van der Waals surface area contributed by atoms with E-state index in [0.717, 1.165) is 23.1 Å². The minimum Gasteiger partial charge on any atom is -0.225 e. The fraction of sp³-hybridized carbons (Fsp3) is 0.308. The molecule has 18 heavy (non-hydrogen) atoms. The predicted octanol–water partition coefficient (Wildman–Crippen LogP) is 3.43. The molecular weight excluding hydrogens is 266 g/mol. The highest BCUT2D eigenvalue weighted by Gasteiger charge is 2.17. The van der Waals surface area contributed by atoms with E-state index in [4.69, 9.17) is 0 Å². The van der Waals surface area contributed by atoms with Crippen LogP contribution in [0.4, 0.5) is 0 Å². The van der Waals surface area contributed by atoms with Crippen LogP contribution in [0.3, 0.4) is 0 Å². The van der Waals surface area contributed by atoms with E-state index in [1.165, 1.54) is 11.3 Å². The average molecular weight is 281 g/mol. The Morgan fingerprint density at radius 1 is 1.28 bits per heavy atom. The first kappa shape index (κ1) is 13.2. The number of hydrogen-bond donors (Lipinski definition) is 0. The van der Waals surface area contributed by atoms with Crippen molar-refractivity contribution in [2.75, 3.05) is 5.75 Å². The van der Waals surface area contributed by atoms with Crippen LogP contribution in [0.2, 0.25) is 0 Å². The topological polar surface area (TPSA) is 47.0 Å². The molecule has 1 heterocycles. The maximum Gasteiger partial charge on any atom is 0.210 e. The second-order valence-corrected chi connectivity index (χ2v) is 7.23. The normalized spacial score (nSPS) is 12.5. The van der Waals surface area contributed by atoms with E-state index in [0.29, 0.717) is 0 Å². The van der Waals surface area contributed by atoms with Crippen LogP contribution >= 0.6 is 11.3 Å². The molecule has 0 unspecified atom stereocenters. The number of nitrogens with zero attached hydrogens (tertiary/aromatic N) is 1. The molecule has 0 aliphatic rings. The lowest BCUT2D eigenvalue weighted by molar-refractivity contribution is 0.598. The molecule has 2 rings (SSSR count). The second kappa shape index (κ2) is 5.63. The smallest absolute Gasteiger partial charge is 0.210 e. The van der Waals surface area contributed by atoms with Crippen LogP contribution in [0, 0.1) is 0 Å². The molecule has 0 amide bonds. The molecule has 0 bridgehead atoms. The molecule has 3 nitrogen and oxygen atoms in total. The van der Waals surface area contributed by atoms with Gasteiger partial charge in [0.25, 0.3) is 0 Å². The Morgan fingerprint density at radius 2 is 2.06 bits per heavy atom. The molecule has 96 valence electrons. The number of allylic oxidation sites excluding steroid dienone is 1. The van der Waals surface area contributed by atoms with E-state index in [9.17, 15) is 8.42 Å². The molecule has 0 N–H and O–H groups in total. The first-order valence-electron chi connectivity index (χ1n) is 5.87. The van der Waals surface area contributed by atoms with E-state index < -0.39 is 9.84 Å². The van der Waals surface area contributed by atoms with Crippen molar-refractivity contribution in [2.24, 2.45) is 0 Å². The van der Waals surface area contributed by atoms with Gasteiger partial charge in [0, 0.05) is 0 Å². The van der Waals surface area contributed by atoms with E-state index >= 15 is 0 Å². The Morgan fingerprint density at radius 3 is 2.78 bits per heavy atom. The van der Waals surface area contributed by atoms with Crippen LogP contribution in [0.15, 0.2) is 40.8 Å². The fourth-order valence-corrected chi connectivity index (χ4v) is 3.98. The quantitative estimate of drug-likeness (QED) is 0.789. The van der Waals surface area contributed by atoms with Crippen LogP contribution in [0.5, 0.6) is 0 Å². The van der Waals surface area contributed by atoms with Crippen LogP contribution in [-0.2, 0) is 9.84 Å². The molecule has 1 aromatic carbocycles. The van der Waals surface area contributed by atoms with E-state index in [2.05, 4.69) is 11.9 Å². The molecule has 0 radical (unpaired) electrons. The summed E-state index contributed by atoms with van der Waals surface area (Å²) in [7, 11) is -3.28. The zero-order chi connectivity index (χ0) is 13.0. The van der Waals surface area contributed by atoms with Gasteiger partial charge in [0.2, 0.25) is 14.2 Å². The average Bonchev–Trinajstić information content (AvgIpc) is 2.79. The zero-order valence-corrected chi connectivity index (χ0v) is 11.8. The molecule has 0 fully saturated rings. The molecule has 0 saturated carbocycles. The summed E-state index contributed by atoms with van der Waals surface area (Å²) in [6, 6.07) is 7.47. The highest BCUT2D eigenvalue weighted by atomic mass is 32.2. The molecule has 1 aromatic heterocycles. The minimum atomic E-state index is -3.28. The molecular formula is C13H15NO2S2. The second-order valence-electron chi connectivity index (χ2n) is 3.99. The maximum absolute atomic E-state index is 12.1. The summed E-state index contributed by atoms with van der Waals surface area (Å²) in [4.78, 5) is 4.18. The Balaban J connectivity index is 2.24. The van der Waals surface area contributed by atoms with Crippen molar-refractivity contribution in [1.82, 2.24) is 4.98 Å². The number of para-hydroxylation sites is 1. The van der Waals surface area contributed by atoms with Gasteiger partial charge >= 0.3 is 0 Å². The number of fused-ring (bicyclic) bond motifs is 1. The first-order valence-corrected chi connectivity index (χ1v) is 8.33. The van der Waals surface area contributed by atoms with Gasteiger partial charge in [-0.25, -0.2) is 13.4 Å². The van der Waals surface area contributed by atoms with Gasteiger partial charge in [-0.2, -0.15) is 0 Å². The van der Waals surface area contributed by atoms with Crippen LogP contribution < -0.4 is 0 Å². The molecule has 0 saturated heterocycles. The van der Waals surface area contributed by atoms with Crippen molar-refractivity contribution < 1.29 is 8.42 Å². The van der Waals surface area contributed by atoms with Gasteiger partial charge in [0.15, 0.2) is 0 Å². The maximum atomic E-state index is 12.1. The summed E-state index contributed by atoms with van der Waals surface area (Å²) in [5.41, 5.74) is 0.749. The molecule has 0 aliphatic carbocycles. The largest absolute Gasteiger partial charge is 0.225 e. The highest BCUT2D eigenvalue weighted by molar-refractivity contribution is 7.93. The minimum absolute atomic E-state index is 0.0345. The SMILES string of the molecule is CCC/C=C/CS(=O)(=O)c1nc2ccccc2s1. The number of rotatable bonds is 5. The Kier molecular flexibility index (Phi) is 4.14. The van der Waals surface area contributed by atoms with Gasteiger partial charge in [0.05, 0.1) is 16.0 Å².